The first-order valence-corrected chi connectivity index (χ1v) is 7.61. The second kappa shape index (κ2) is 7.59. The van der Waals surface area contributed by atoms with Crippen molar-refractivity contribution in [3.05, 3.63) is 65.5 Å². The van der Waals surface area contributed by atoms with Crippen molar-refractivity contribution in [3.63, 3.8) is 0 Å². The molecule has 0 aliphatic carbocycles. The smallest absolute Gasteiger partial charge is 0.318 e. The second-order valence-corrected chi connectivity index (χ2v) is 5.39. The highest BCUT2D eigenvalue weighted by molar-refractivity contribution is 5.74. The van der Waals surface area contributed by atoms with Crippen LogP contribution in [-0.4, -0.2) is 22.5 Å². The molecule has 1 heterocycles. The molecule has 0 aliphatic heterocycles. The molecule has 4 nitrogen and oxygen atoms in total. The lowest BCUT2D eigenvalue weighted by atomic mass is 10.1. The summed E-state index contributed by atoms with van der Waals surface area (Å²) >= 11 is 0. The summed E-state index contributed by atoms with van der Waals surface area (Å²) in [7, 11) is 0. The zero-order valence-corrected chi connectivity index (χ0v) is 13.4. The minimum Gasteiger partial charge on any atom is -0.331 e. The van der Waals surface area contributed by atoms with Gasteiger partial charge in [-0.05, 0) is 49.6 Å². The number of hydrogen-bond donors (Lipinski definition) is 1. The highest BCUT2D eigenvalue weighted by Crippen LogP contribution is 2.13. The first-order valence-electron chi connectivity index (χ1n) is 7.61. The molecule has 0 saturated heterocycles. The van der Waals surface area contributed by atoms with E-state index < -0.39 is 0 Å². The van der Waals surface area contributed by atoms with Crippen LogP contribution in [0.15, 0.2) is 48.8 Å². The van der Waals surface area contributed by atoms with Crippen molar-refractivity contribution in [2.24, 2.45) is 0 Å². The number of aromatic nitrogens is 1. The Morgan fingerprint density at radius 3 is 2.55 bits per heavy atom. The fraction of sp³-hybridized carbons (Fsp3) is 0.333. The number of carbonyl (C=O) groups excluding carboxylic acids is 1. The highest BCUT2D eigenvalue weighted by atomic mass is 16.2. The topological polar surface area (TPSA) is 45.2 Å². The van der Waals surface area contributed by atoms with Crippen molar-refractivity contribution in [1.82, 2.24) is 15.2 Å². The van der Waals surface area contributed by atoms with Crippen LogP contribution in [0, 0.1) is 6.92 Å². The SMILES string of the molecule is CCN(Cc1ccccc1C)C(=O)NC(C)c1ccncc1. The number of amides is 2. The van der Waals surface area contributed by atoms with E-state index in [1.807, 2.05) is 43.0 Å². The van der Waals surface area contributed by atoms with Crippen LogP contribution in [0.25, 0.3) is 0 Å². The van der Waals surface area contributed by atoms with E-state index in [9.17, 15) is 4.79 Å². The van der Waals surface area contributed by atoms with Gasteiger partial charge in [-0.2, -0.15) is 0 Å². The summed E-state index contributed by atoms with van der Waals surface area (Å²) in [4.78, 5) is 18.3. The lowest BCUT2D eigenvalue weighted by Crippen LogP contribution is -2.40. The van der Waals surface area contributed by atoms with Gasteiger partial charge < -0.3 is 10.2 Å². The zero-order valence-electron chi connectivity index (χ0n) is 13.4. The number of carbonyl (C=O) groups is 1. The van der Waals surface area contributed by atoms with E-state index in [1.165, 1.54) is 11.1 Å². The molecule has 1 unspecified atom stereocenters. The Labute approximate surface area is 132 Å². The molecule has 22 heavy (non-hydrogen) atoms. The Morgan fingerprint density at radius 1 is 1.23 bits per heavy atom. The van der Waals surface area contributed by atoms with Crippen LogP contribution >= 0.6 is 0 Å². The van der Waals surface area contributed by atoms with Gasteiger partial charge in [0, 0.05) is 25.5 Å². The summed E-state index contributed by atoms with van der Waals surface area (Å²) in [5.74, 6) is 0. The zero-order chi connectivity index (χ0) is 15.9. The molecule has 2 rings (SSSR count). The summed E-state index contributed by atoms with van der Waals surface area (Å²) in [5.41, 5.74) is 3.43. The van der Waals surface area contributed by atoms with Gasteiger partial charge in [0.1, 0.15) is 0 Å². The fourth-order valence-corrected chi connectivity index (χ4v) is 2.33. The number of nitrogens with one attached hydrogen (secondary N) is 1. The molecular weight excluding hydrogens is 274 g/mol. The lowest BCUT2D eigenvalue weighted by molar-refractivity contribution is 0.194. The van der Waals surface area contributed by atoms with Crippen LogP contribution in [0.5, 0.6) is 0 Å². The Balaban J connectivity index is 2.02. The van der Waals surface area contributed by atoms with Crippen molar-refractivity contribution in [2.75, 3.05) is 6.54 Å². The van der Waals surface area contributed by atoms with Crippen molar-refractivity contribution < 1.29 is 4.79 Å². The van der Waals surface area contributed by atoms with Gasteiger partial charge in [-0.15, -0.1) is 0 Å². The third-order valence-corrected chi connectivity index (χ3v) is 3.84. The standard InChI is InChI=1S/C18H23N3O/c1-4-21(13-17-8-6-5-7-14(17)2)18(22)20-15(3)16-9-11-19-12-10-16/h5-12,15H,4,13H2,1-3H3,(H,20,22). The number of hydrogen-bond acceptors (Lipinski definition) is 2. The van der Waals surface area contributed by atoms with Crippen molar-refractivity contribution >= 4 is 6.03 Å². The number of urea groups is 1. The van der Waals surface area contributed by atoms with Gasteiger partial charge in [0.25, 0.3) is 0 Å². The van der Waals surface area contributed by atoms with E-state index in [-0.39, 0.29) is 12.1 Å². The van der Waals surface area contributed by atoms with Gasteiger partial charge in [-0.3, -0.25) is 4.98 Å². The first kappa shape index (κ1) is 16.0. The summed E-state index contributed by atoms with van der Waals surface area (Å²) in [5, 5.41) is 3.05. The Kier molecular flexibility index (Phi) is 5.53. The molecule has 116 valence electrons. The Morgan fingerprint density at radius 2 is 1.91 bits per heavy atom. The van der Waals surface area contributed by atoms with E-state index in [2.05, 4.69) is 29.4 Å². The first-order chi connectivity index (χ1) is 10.6. The van der Waals surface area contributed by atoms with Crippen LogP contribution in [0.2, 0.25) is 0 Å². The van der Waals surface area contributed by atoms with E-state index in [1.54, 1.807) is 12.4 Å². The molecular formula is C18H23N3O. The lowest BCUT2D eigenvalue weighted by Gasteiger charge is -2.25. The van der Waals surface area contributed by atoms with E-state index >= 15 is 0 Å². The Hall–Kier alpha value is -2.36. The number of rotatable bonds is 5. The average molecular weight is 297 g/mol. The third-order valence-electron chi connectivity index (χ3n) is 3.84. The van der Waals surface area contributed by atoms with Crippen LogP contribution < -0.4 is 5.32 Å². The second-order valence-electron chi connectivity index (χ2n) is 5.39. The van der Waals surface area contributed by atoms with E-state index in [0.29, 0.717) is 13.1 Å². The van der Waals surface area contributed by atoms with Crippen LogP contribution in [0.3, 0.4) is 0 Å². The molecule has 0 radical (unpaired) electrons. The molecule has 1 aromatic heterocycles. The molecule has 1 aromatic carbocycles. The van der Waals surface area contributed by atoms with Crippen molar-refractivity contribution in [2.45, 2.75) is 33.4 Å². The molecule has 0 spiro atoms. The molecule has 2 amide bonds. The van der Waals surface area contributed by atoms with Gasteiger partial charge >= 0.3 is 6.03 Å². The molecule has 1 atom stereocenters. The van der Waals surface area contributed by atoms with E-state index in [0.717, 1.165) is 5.56 Å². The molecule has 0 saturated carbocycles. The highest BCUT2D eigenvalue weighted by Gasteiger charge is 2.16. The van der Waals surface area contributed by atoms with Crippen LogP contribution in [0.4, 0.5) is 4.79 Å². The fourth-order valence-electron chi connectivity index (χ4n) is 2.33. The van der Waals surface area contributed by atoms with Crippen molar-refractivity contribution in [3.8, 4) is 0 Å². The Bertz CT molecular complexity index is 613. The molecule has 2 aromatic rings. The van der Waals surface area contributed by atoms with Gasteiger partial charge in [-0.1, -0.05) is 24.3 Å². The van der Waals surface area contributed by atoms with Crippen LogP contribution in [0.1, 0.15) is 36.6 Å². The van der Waals surface area contributed by atoms with Gasteiger partial charge in [0.15, 0.2) is 0 Å². The minimum atomic E-state index is -0.0462. The van der Waals surface area contributed by atoms with Gasteiger partial charge in [0.05, 0.1) is 6.04 Å². The summed E-state index contributed by atoms with van der Waals surface area (Å²) in [6.07, 6.45) is 3.48. The molecule has 1 N–H and O–H groups in total. The molecule has 0 fully saturated rings. The largest absolute Gasteiger partial charge is 0.331 e. The summed E-state index contributed by atoms with van der Waals surface area (Å²) in [6, 6.07) is 11.9. The molecule has 0 aliphatic rings. The number of benzene rings is 1. The summed E-state index contributed by atoms with van der Waals surface area (Å²) in [6.45, 7) is 7.34. The normalized spacial score (nSPS) is 11.8. The number of nitrogens with zero attached hydrogens (tertiary/aromatic N) is 2. The van der Waals surface area contributed by atoms with E-state index in [4.69, 9.17) is 0 Å². The average Bonchev–Trinajstić information content (AvgIpc) is 2.54. The van der Waals surface area contributed by atoms with Crippen molar-refractivity contribution in [1.29, 1.82) is 0 Å². The summed E-state index contributed by atoms with van der Waals surface area (Å²) < 4.78 is 0. The van der Waals surface area contributed by atoms with Gasteiger partial charge in [0.2, 0.25) is 0 Å². The minimum absolute atomic E-state index is 0.0404. The predicted octanol–water partition coefficient (Wildman–Crippen LogP) is 3.68. The quantitative estimate of drug-likeness (QED) is 0.915. The maximum Gasteiger partial charge on any atom is 0.318 e. The predicted molar refractivity (Wildman–Crippen MR) is 88.4 cm³/mol. The number of aryl methyl sites for hydroxylation is 1. The molecule has 4 heteroatoms. The van der Waals surface area contributed by atoms with Gasteiger partial charge in [-0.25, -0.2) is 4.79 Å². The van der Waals surface area contributed by atoms with Crippen LogP contribution in [-0.2, 0) is 6.54 Å². The third kappa shape index (κ3) is 4.07. The monoisotopic (exact) mass is 297 g/mol. The maximum absolute atomic E-state index is 12.5. The number of pyridine rings is 1. The maximum atomic E-state index is 12.5. The molecule has 0 bridgehead atoms.